The van der Waals surface area contributed by atoms with Crippen molar-refractivity contribution >= 4 is 27.5 Å². The first kappa shape index (κ1) is 25.6. The second-order valence-corrected chi connectivity index (χ2v) is 12.0. The smallest absolute Gasteiger partial charge is 0.260 e. The Morgan fingerprint density at radius 1 is 1.13 bits per heavy atom. The van der Waals surface area contributed by atoms with Crippen LogP contribution in [0, 0.1) is 0 Å². The third-order valence-electron chi connectivity index (χ3n) is 7.86. The van der Waals surface area contributed by atoms with Crippen LogP contribution in [0.15, 0.2) is 65.8 Å². The normalized spacial score (nSPS) is 23.5. The number of para-hydroxylation sites is 1. The van der Waals surface area contributed by atoms with Crippen molar-refractivity contribution in [3.63, 3.8) is 0 Å². The summed E-state index contributed by atoms with van der Waals surface area (Å²) in [5, 5.41) is 7.23. The number of aryl methyl sites for hydroxylation is 1. The average molecular weight is 550 g/mol. The first-order chi connectivity index (χ1) is 18.9. The summed E-state index contributed by atoms with van der Waals surface area (Å²) in [5.74, 6) is 0.0437. The Morgan fingerprint density at radius 2 is 1.97 bits per heavy atom. The number of fused-ring (bicyclic) bond motifs is 6. The second kappa shape index (κ2) is 9.80. The van der Waals surface area contributed by atoms with Crippen molar-refractivity contribution in [3.05, 3.63) is 71.9 Å². The number of amides is 2. The van der Waals surface area contributed by atoms with Gasteiger partial charge in [-0.15, -0.1) is 0 Å². The molecule has 2 amide bonds. The monoisotopic (exact) mass is 549 g/mol. The zero-order valence-corrected chi connectivity index (χ0v) is 22.6. The molecule has 1 fully saturated rings. The van der Waals surface area contributed by atoms with E-state index in [-0.39, 0.29) is 36.4 Å². The van der Waals surface area contributed by atoms with Gasteiger partial charge in [-0.2, -0.15) is 9.40 Å². The standard InChI is InChI=1S/C28H31N5O5S/c1-2-15-32-25(11-14-30-32)39(36,37)33-16-12-28-22-9-3-4-10-23(22)31(27(28)35)19-24(34)29-13-6-17-38-21-8-5-7-20(18-21)26(28)33/h3-5,7-11,14,18,26H,2,6,12-13,15-17,19H2,1H3,(H,29,34)/t26-,28+/m0/s1. The van der Waals surface area contributed by atoms with E-state index >= 15 is 0 Å². The molecule has 0 aliphatic carbocycles. The Labute approximate surface area is 227 Å². The van der Waals surface area contributed by atoms with E-state index in [4.69, 9.17) is 4.74 Å². The number of carbonyl (C=O) groups excluding carboxylic acids is 2. The van der Waals surface area contributed by atoms with Crippen molar-refractivity contribution in [3.8, 4) is 5.75 Å². The lowest BCUT2D eigenvalue weighted by atomic mass is 9.73. The summed E-state index contributed by atoms with van der Waals surface area (Å²) in [6.45, 7) is 3.23. The Balaban J connectivity index is 1.57. The zero-order valence-electron chi connectivity index (χ0n) is 21.7. The van der Waals surface area contributed by atoms with Gasteiger partial charge in [0.25, 0.3) is 10.0 Å². The maximum Gasteiger partial charge on any atom is 0.260 e. The summed E-state index contributed by atoms with van der Waals surface area (Å²) in [4.78, 5) is 28.9. The molecule has 39 heavy (non-hydrogen) atoms. The summed E-state index contributed by atoms with van der Waals surface area (Å²) in [6, 6.07) is 15.4. The molecule has 11 heteroatoms. The van der Waals surface area contributed by atoms with Gasteiger partial charge in [0.15, 0.2) is 5.03 Å². The highest BCUT2D eigenvalue weighted by Crippen LogP contribution is 2.57. The molecule has 4 heterocycles. The van der Waals surface area contributed by atoms with E-state index in [1.807, 2.05) is 55.5 Å². The first-order valence-electron chi connectivity index (χ1n) is 13.3. The van der Waals surface area contributed by atoms with Gasteiger partial charge in [-0.1, -0.05) is 37.3 Å². The van der Waals surface area contributed by atoms with Gasteiger partial charge >= 0.3 is 0 Å². The number of hydrogen-bond donors (Lipinski definition) is 1. The SMILES string of the molecule is CCCn1nccc1S(=O)(=O)N1CC[C@]23C(=O)N(CC(=O)NCCCOc4cccc(c4)[C@H]12)c1ccccc13. The fourth-order valence-corrected chi connectivity index (χ4v) is 8.01. The van der Waals surface area contributed by atoms with Crippen LogP contribution in [0.2, 0.25) is 0 Å². The maximum absolute atomic E-state index is 14.5. The van der Waals surface area contributed by atoms with Crippen molar-refractivity contribution in [2.45, 2.75) is 49.2 Å². The molecule has 0 radical (unpaired) electrons. The molecule has 1 spiro atoms. The van der Waals surface area contributed by atoms with Gasteiger partial charge in [0.05, 0.1) is 24.3 Å². The molecule has 10 nitrogen and oxygen atoms in total. The Hall–Kier alpha value is -3.70. The van der Waals surface area contributed by atoms with Gasteiger partial charge in [-0.3, -0.25) is 14.3 Å². The van der Waals surface area contributed by atoms with Gasteiger partial charge < -0.3 is 15.0 Å². The van der Waals surface area contributed by atoms with E-state index in [0.717, 1.165) is 12.0 Å². The number of hydrogen-bond acceptors (Lipinski definition) is 6. The summed E-state index contributed by atoms with van der Waals surface area (Å²) in [5.41, 5.74) is 0.832. The minimum Gasteiger partial charge on any atom is -0.494 e. The van der Waals surface area contributed by atoms with Crippen LogP contribution in [0.3, 0.4) is 0 Å². The molecular formula is C28H31N5O5S. The number of aromatic nitrogens is 2. The lowest BCUT2D eigenvalue weighted by Crippen LogP contribution is -2.48. The molecule has 204 valence electrons. The Bertz CT molecular complexity index is 1540. The first-order valence-corrected chi connectivity index (χ1v) is 14.8. The molecule has 2 aromatic carbocycles. The van der Waals surface area contributed by atoms with E-state index in [2.05, 4.69) is 10.4 Å². The van der Waals surface area contributed by atoms with Crippen LogP contribution in [0.5, 0.6) is 5.75 Å². The lowest BCUT2D eigenvalue weighted by Gasteiger charge is -2.34. The Morgan fingerprint density at radius 3 is 2.82 bits per heavy atom. The third kappa shape index (κ3) is 4.02. The Kier molecular flexibility index (Phi) is 6.43. The fraction of sp³-hybridized carbons (Fsp3) is 0.393. The molecule has 0 saturated carbocycles. The summed E-state index contributed by atoms with van der Waals surface area (Å²) >= 11 is 0. The molecule has 3 aliphatic rings. The minimum atomic E-state index is -4.05. The van der Waals surface area contributed by atoms with Crippen molar-refractivity contribution < 1.29 is 22.7 Å². The highest BCUT2D eigenvalue weighted by Gasteiger charge is 2.63. The minimum absolute atomic E-state index is 0.100. The van der Waals surface area contributed by atoms with E-state index < -0.39 is 21.5 Å². The summed E-state index contributed by atoms with van der Waals surface area (Å²) in [6.07, 6.45) is 3.08. The summed E-state index contributed by atoms with van der Waals surface area (Å²) in [7, 11) is -4.05. The van der Waals surface area contributed by atoms with Crippen LogP contribution < -0.4 is 15.0 Å². The molecule has 1 N–H and O–H groups in total. The van der Waals surface area contributed by atoms with Gasteiger partial charge in [0.2, 0.25) is 11.8 Å². The van der Waals surface area contributed by atoms with Gasteiger partial charge in [0.1, 0.15) is 12.3 Å². The molecule has 0 unspecified atom stereocenters. The van der Waals surface area contributed by atoms with Crippen LogP contribution >= 0.6 is 0 Å². The maximum atomic E-state index is 14.5. The predicted octanol–water partition coefficient (Wildman–Crippen LogP) is 2.61. The molecule has 1 aromatic heterocycles. The van der Waals surface area contributed by atoms with Gasteiger partial charge in [-0.25, -0.2) is 8.42 Å². The molecule has 3 aromatic rings. The van der Waals surface area contributed by atoms with E-state index in [1.54, 1.807) is 0 Å². The number of anilines is 1. The molecular weight excluding hydrogens is 518 g/mol. The number of ether oxygens (including phenoxy) is 1. The fourth-order valence-electron chi connectivity index (χ4n) is 6.23. The molecule has 1 saturated heterocycles. The van der Waals surface area contributed by atoms with Crippen molar-refractivity contribution in [1.29, 1.82) is 0 Å². The predicted molar refractivity (Wildman–Crippen MR) is 144 cm³/mol. The molecule has 2 atom stereocenters. The topological polar surface area (TPSA) is 114 Å². The van der Waals surface area contributed by atoms with Crippen LogP contribution in [0.4, 0.5) is 5.69 Å². The van der Waals surface area contributed by atoms with E-state index in [9.17, 15) is 18.0 Å². The highest BCUT2D eigenvalue weighted by atomic mass is 32.2. The van der Waals surface area contributed by atoms with E-state index in [0.29, 0.717) is 43.1 Å². The van der Waals surface area contributed by atoms with Crippen LogP contribution in [0.25, 0.3) is 0 Å². The second-order valence-electron chi connectivity index (χ2n) is 10.2. The largest absolute Gasteiger partial charge is 0.494 e. The van der Waals surface area contributed by atoms with Crippen molar-refractivity contribution in [2.24, 2.45) is 0 Å². The lowest BCUT2D eigenvalue weighted by molar-refractivity contribution is -0.126. The number of nitrogens with one attached hydrogen (secondary N) is 1. The quantitative estimate of drug-likeness (QED) is 0.535. The van der Waals surface area contributed by atoms with Gasteiger partial charge in [0, 0.05) is 25.3 Å². The van der Waals surface area contributed by atoms with Gasteiger partial charge in [-0.05, 0) is 54.7 Å². The molecule has 3 aliphatic heterocycles. The van der Waals surface area contributed by atoms with Crippen LogP contribution in [-0.4, -0.2) is 60.6 Å². The van der Waals surface area contributed by atoms with E-state index in [1.165, 1.54) is 26.2 Å². The average Bonchev–Trinajstić information content (AvgIpc) is 3.62. The van der Waals surface area contributed by atoms with Crippen molar-refractivity contribution in [2.75, 3.05) is 31.1 Å². The number of carbonyl (C=O) groups is 2. The third-order valence-corrected chi connectivity index (χ3v) is 9.74. The number of nitrogens with zero attached hydrogens (tertiary/aromatic N) is 4. The van der Waals surface area contributed by atoms with Crippen molar-refractivity contribution in [1.82, 2.24) is 19.4 Å². The molecule has 4 bridgehead atoms. The highest BCUT2D eigenvalue weighted by molar-refractivity contribution is 7.89. The number of sulfonamides is 1. The van der Waals surface area contributed by atoms with Crippen LogP contribution in [-0.2, 0) is 31.6 Å². The van der Waals surface area contributed by atoms with Crippen LogP contribution in [0.1, 0.15) is 43.4 Å². The number of benzene rings is 2. The summed E-state index contributed by atoms with van der Waals surface area (Å²) < 4.78 is 37.5. The molecule has 6 rings (SSSR count). The zero-order chi connectivity index (χ0) is 27.2. The number of rotatable bonds is 4.